The maximum atomic E-state index is 12.8. The summed E-state index contributed by atoms with van der Waals surface area (Å²) in [4.78, 5) is 21.9. The first-order chi connectivity index (χ1) is 13.0. The number of aromatic nitrogens is 2. The Morgan fingerprint density at radius 1 is 1.07 bits per heavy atom. The third-order valence-corrected chi connectivity index (χ3v) is 5.80. The molecule has 5 heteroatoms. The van der Waals surface area contributed by atoms with E-state index in [0.29, 0.717) is 11.7 Å². The third-order valence-electron chi connectivity index (χ3n) is 4.70. The molecule has 0 bridgehead atoms. The van der Waals surface area contributed by atoms with Crippen molar-refractivity contribution >= 4 is 34.3 Å². The van der Waals surface area contributed by atoms with E-state index in [1.807, 2.05) is 56.3 Å². The van der Waals surface area contributed by atoms with Crippen molar-refractivity contribution in [1.82, 2.24) is 9.97 Å². The lowest BCUT2D eigenvalue weighted by molar-refractivity contribution is -0.115. The fourth-order valence-electron chi connectivity index (χ4n) is 2.96. The minimum absolute atomic E-state index is 0.0175. The number of para-hydroxylation sites is 2. The van der Waals surface area contributed by atoms with Crippen molar-refractivity contribution in [2.24, 2.45) is 0 Å². The Labute approximate surface area is 164 Å². The summed E-state index contributed by atoms with van der Waals surface area (Å²) in [5.41, 5.74) is 2.98. The van der Waals surface area contributed by atoms with Gasteiger partial charge >= 0.3 is 0 Å². The van der Waals surface area contributed by atoms with Crippen LogP contribution in [-0.2, 0) is 4.79 Å². The molecule has 0 saturated carbocycles. The normalized spacial score (nSPS) is 13.3. The van der Waals surface area contributed by atoms with Crippen LogP contribution in [0.4, 0.5) is 5.69 Å². The smallest absolute Gasteiger partial charge is 0.237 e. The van der Waals surface area contributed by atoms with Crippen LogP contribution in [0.3, 0.4) is 0 Å². The van der Waals surface area contributed by atoms with E-state index in [-0.39, 0.29) is 11.2 Å². The van der Waals surface area contributed by atoms with Crippen LogP contribution in [0, 0.1) is 6.92 Å². The Kier molecular flexibility index (Phi) is 6.11. The highest BCUT2D eigenvalue weighted by Crippen LogP contribution is 2.31. The van der Waals surface area contributed by atoms with Crippen molar-refractivity contribution in [2.75, 3.05) is 5.32 Å². The van der Waals surface area contributed by atoms with Gasteiger partial charge in [-0.1, -0.05) is 62.0 Å². The highest BCUT2D eigenvalue weighted by atomic mass is 32.2. The number of nitrogens with zero attached hydrogens (tertiary/aromatic N) is 2. The molecule has 1 aromatic heterocycles. The number of carbonyl (C=O) groups excluding carboxylic acids is 1. The van der Waals surface area contributed by atoms with E-state index in [0.717, 1.165) is 28.0 Å². The topological polar surface area (TPSA) is 54.9 Å². The van der Waals surface area contributed by atoms with Gasteiger partial charge in [-0.25, -0.2) is 9.97 Å². The van der Waals surface area contributed by atoms with Crippen molar-refractivity contribution in [3.8, 4) is 0 Å². The number of hydrogen-bond acceptors (Lipinski definition) is 4. The zero-order valence-electron chi connectivity index (χ0n) is 16.2. The molecule has 0 aliphatic carbocycles. The quantitative estimate of drug-likeness (QED) is 0.449. The van der Waals surface area contributed by atoms with Crippen molar-refractivity contribution in [2.45, 2.75) is 50.3 Å². The summed E-state index contributed by atoms with van der Waals surface area (Å²) in [6.07, 6.45) is 1.03. The zero-order chi connectivity index (χ0) is 19.4. The second-order valence-electron chi connectivity index (χ2n) is 6.74. The fraction of sp³-hybridized carbons (Fsp3) is 0.318. The molecule has 3 rings (SSSR count). The molecule has 1 N–H and O–H groups in total. The Balaban J connectivity index is 1.80. The second kappa shape index (κ2) is 8.53. The zero-order valence-corrected chi connectivity index (χ0v) is 17.0. The molecule has 0 saturated heterocycles. The molecule has 140 valence electrons. The average Bonchev–Trinajstić information content (AvgIpc) is 2.67. The Morgan fingerprint density at radius 3 is 2.56 bits per heavy atom. The maximum Gasteiger partial charge on any atom is 0.237 e. The molecule has 2 atom stereocenters. The van der Waals surface area contributed by atoms with Crippen LogP contribution in [-0.4, -0.2) is 21.1 Å². The summed E-state index contributed by atoms with van der Waals surface area (Å²) in [6.45, 7) is 8.13. The summed E-state index contributed by atoms with van der Waals surface area (Å²) in [7, 11) is 0. The van der Waals surface area contributed by atoms with Gasteiger partial charge in [-0.2, -0.15) is 0 Å². The van der Waals surface area contributed by atoms with E-state index in [1.165, 1.54) is 17.3 Å². The first-order valence-corrected chi connectivity index (χ1v) is 10.2. The van der Waals surface area contributed by atoms with Crippen LogP contribution in [0.15, 0.2) is 53.6 Å². The lowest BCUT2D eigenvalue weighted by Gasteiger charge is -2.18. The fourth-order valence-corrected chi connectivity index (χ4v) is 3.95. The number of carbonyl (C=O) groups is 1. The number of anilines is 1. The Bertz CT molecular complexity index is 957. The standard InChI is InChI=1S/C22H25N3OS/c1-5-14(2)17-10-6-8-12-19(17)25-21(26)15(3)27-22-18-11-7-9-13-20(18)23-16(4)24-22/h6-15H,5H2,1-4H3,(H,25,26)/t14-,15-/m1/s1. The van der Waals surface area contributed by atoms with Crippen LogP contribution in [0.5, 0.6) is 0 Å². The lowest BCUT2D eigenvalue weighted by Crippen LogP contribution is -2.23. The number of amides is 1. The van der Waals surface area contributed by atoms with Gasteiger partial charge in [0.05, 0.1) is 10.8 Å². The van der Waals surface area contributed by atoms with Crippen molar-refractivity contribution < 1.29 is 4.79 Å². The number of hydrogen-bond donors (Lipinski definition) is 1. The van der Waals surface area contributed by atoms with Gasteiger partial charge in [0.2, 0.25) is 5.91 Å². The highest BCUT2D eigenvalue weighted by Gasteiger charge is 2.19. The Hall–Kier alpha value is -2.40. The lowest BCUT2D eigenvalue weighted by atomic mass is 9.97. The van der Waals surface area contributed by atoms with Gasteiger partial charge in [-0.05, 0) is 43.9 Å². The van der Waals surface area contributed by atoms with Gasteiger partial charge in [-0.15, -0.1) is 0 Å². The molecule has 0 radical (unpaired) electrons. The van der Waals surface area contributed by atoms with Gasteiger partial charge in [0.15, 0.2) is 0 Å². The summed E-state index contributed by atoms with van der Waals surface area (Å²) in [6, 6.07) is 15.9. The first kappa shape index (κ1) is 19.4. The average molecular weight is 380 g/mol. The molecule has 0 fully saturated rings. The molecule has 1 amide bonds. The predicted molar refractivity (Wildman–Crippen MR) is 113 cm³/mol. The molecular formula is C22H25N3OS. The van der Waals surface area contributed by atoms with Crippen molar-refractivity contribution in [3.63, 3.8) is 0 Å². The maximum absolute atomic E-state index is 12.8. The second-order valence-corrected chi connectivity index (χ2v) is 8.07. The predicted octanol–water partition coefficient (Wildman–Crippen LogP) is 5.57. The number of thioether (sulfide) groups is 1. The number of nitrogens with one attached hydrogen (secondary N) is 1. The van der Waals surface area contributed by atoms with E-state index in [1.54, 1.807) is 0 Å². The van der Waals surface area contributed by atoms with Crippen LogP contribution in [0.1, 0.15) is 44.5 Å². The molecular weight excluding hydrogens is 354 g/mol. The highest BCUT2D eigenvalue weighted by molar-refractivity contribution is 8.00. The van der Waals surface area contributed by atoms with E-state index < -0.39 is 0 Å². The minimum Gasteiger partial charge on any atom is -0.325 e. The molecule has 4 nitrogen and oxygen atoms in total. The van der Waals surface area contributed by atoms with Crippen LogP contribution >= 0.6 is 11.8 Å². The van der Waals surface area contributed by atoms with E-state index in [4.69, 9.17) is 0 Å². The molecule has 27 heavy (non-hydrogen) atoms. The molecule has 0 spiro atoms. The van der Waals surface area contributed by atoms with Crippen LogP contribution in [0.2, 0.25) is 0 Å². The van der Waals surface area contributed by atoms with Gasteiger partial charge in [0.1, 0.15) is 10.9 Å². The van der Waals surface area contributed by atoms with E-state index in [9.17, 15) is 4.79 Å². The van der Waals surface area contributed by atoms with Crippen LogP contribution in [0.25, 0.3) is 10.9 Å². The summed E-state index contributed by atoms with van der Waals surface area (Å²) in [5.74, 6) is 1.10. The molecule has 3 aromatic rings. The van der Waals surface area contributed by atoms with Gasteiger partial charge < -0.3 is 5.32 Å². The third kappa shape index (κ3) is 4.48. The Morgan fingerprint density at radius 2 is 1.78 bits per heavy atom. The monoisotopic (exact) mass is 379 g/mol. The number of rotatable bonds is 6. The molecule has 1 heterocycles. The van der Waals surface area contributed by atoms with Gasteiger partial charge in [0, 0.05) is 11.1 Å². The van der Waals surface area contributed by atoms with Gasteiger partial charge in [0.25, 0.3) is 0 Å². The molecule has 2 aromatic carbocycles. The van der Waals surface area contributed by atoms with Gasteiger partial charge in [-0.3, -0.25) is 4.79 Å². The summed E-state index contributed by atoms with van der Waals surface area (Å²) in [5, 5.41) is 4.66. The van der Waals surface area contributed by atoms with E-state index in [2.05, 4.69) is 35.2 Å². The number of benzene rings is 2. The van der Waals surface area contributed by atoms with Crippen LogP contribution < -0.4 is 5.32 Å². The van der Waals surface area contributed by atoms with Crippen molar-refractivity contribution in [3.05, 3.63) is 59.9 Å². The number of fused-ring (bicyclic) bond motifs is 1. The largest absolute Gasteiger partial charge is 0.325 e. The molecule has 0 aliphatic heterocycles. The summed E-state index contributed by atoms with van der Waals surface area (Å²) >= 11 is 1.47. The first-order valence-electron chi connectivity index (χ1n) is 9.29. The molecule has 0 aliphatic rings. The number of aryl methyl sites for hydroxylation is 1. The van der Waals surface area contributed by atoms with Crippen molar-refractivity contribution in [1.29, 1.82) is 0 Å². The summed E-state index contributed by atoms with van der Waals surface area (Å²) < 4.78 is 0. The molecule has 0 unspecified atom stereocenters. The van der Waals surface area contributed by atoms with E-state index >= 15 is 0 Å². The minimum atomic E-state index is -0.271. The SMILES string of the molecule is CC[C@@H](C)c1ccccc1NC(=O)[C@@H](C)Sc1nc(C)nc2ccccc12.